The van der Waals surface area contributed by atoms with Gasteiger partial charge in [-0.25, -0.2) is 4.68 Å². The molecule has 20 heavy (non-hydrogen) atoms. The van der Waals surface area contributed by atoms with Crippen LogP contribution in [-0.2, 0) is 4.79 Å². The number of amides is 1. The topological polar surface area (TPSA) is 38.1 Å². The molecule has 0 fully saturated rings. The van der Waals surface area contributed by atoms with Crippen LogP contribution in [0.25, 0.3) is 0 Å². The maximum atomic E-state index is 12.6. The summed E-state index contributed by atoms with van der Waals surface area (Å²) < 4.78 is 3.87. The van der Waals surface area contributed by atoms with Gasteiger partial charge in [0.25, 0.3) is 0 Å². The molecule has 0 N–H and O–H groups in total. The zero-order valence-corrected chi connectivity index (χ0v) is 15.9. The number of aromatic nitrogens is 2. The van der Waals surface area contributed by atoms with E-state index >= 15 is 0 Å². The maximum Gasteiger partial charge on any atom is 0.248 e. The van der Waals surface area contributed by atoms with Crippen molar-refractivity contribution in [3.05, 3.63) is 39.0 Å². The maximum absolute atomic E-state index is 12.6. The van der Waals surface area contributed by atoms with E-state index in [1.54, 1.807) is 21.7 Å². The lowest BCUT2D eigenvalue weighted by Crippen LogP contribution is -2.37. The van der Waals surface area contributed by atoms with Crippen LogP contribution >= 0.6 is 47.8 Å². The van der Waals surface area contributed by atoms with Crippen molar-refractivity contribution < 1.29 is 4.79 Å². The van der Waals surface area contributed by atoms with Crippen molar-refractivity contribution in [3.63, 3.8) is 0 Å². The number of carbonyl (C=O) groups excluding carboxylic acids is 1. The standard InChI is InChI=1S/C13H16Br3N3O/c1-4-7-18(8-5-2)13(20)9(6-3)19-12(16)10(14)11(15)17-19/h4-5,9H,1-2,6-8H2,3H3. The molecule has 1 amide bonds. The van der Waals surface area contributed by atoms with Gasteiger partial charge in [-0.15, -0.1) is 13.2 Å². The van der Waals surface area contributed by atoms with Crippen LogP contribution in [0.2, 0.25) is 0 Å². The Morgan fingerprint density at radius 1 is 1.35 bits per heavy atom. The van der Waals surface area contributed by atoms with Gasteiger partial charge in [-0.2, -0.15) is 5.10 Å². The van der Waals surface area contributed by atoms with Crippen molar-refractivity contribution in [1.82, 2.24) is 14.7 Å². The molecule has 0 spiro atoms. The molecule has 0 aliphatic heterocycles. The van der Waals surface area contributed by atoms with Gasteiger partial charge in [0.15, 0.2) is 0 Å². The molecule has 0 radical (unpaired) electrons. The van der Waals surface area contributed by atoms with Crippen LogP contribution in [0.3, 0.4) is 0 Å². The third-order valence-corrected chi connectivity index (χ3v) is 5.87. The third kappa shape index (κ3) is 3.83. The molecular formula is C13H16Br3N3O. The van der Waals surface area contributed by atoms with Crippen LogP contribution in [-0.4, -0.2) is 33.7 Å². The van der Waals surface area contributed by atoms with E-state index in [2.05, 4.69) is 66.0 Å². The van der Waals surface area contributed by atoms with E-state index in [4.69, 9.17) is 0 Å². The number of hydrogen-bond acceptors (Lipinski definition) is 2. The molecule has 7 heteroatoms. The average Bonchev–Trinajstić information content (AvgIpc) is 2.67. The van der Waals surface area contributed by atoms with Gasteiger partial charge in [0.2, 0.25) is 5.91 Å². The summed E-state index contributed by atoms with van der Waals surface area (Å²) in [6.07, 6.45) is 4.05. The fourth-order valence-electron chi connectivity index (χ4n) is 1.80. The van der Waals surface area contributed by atoms with Gasteiger partial charge >= 0.3 is 0 Å². The monoisotopic (exact) mass is 467 g/mol. The summed E-state index contributed by atoms with van der Waals surface area (Å²) in [7, 11) is 0. The molecule has 110 valence electrons. The van der Waals surface area contributed by atoms with Gasteiger partial charge in [0.1, 0.15) is 15.2 Å². The SMILES string of the molecule is C=CCN(CC=C)C(=O)C(CC)n1nc(Br)c(Br)c1Br. The summed E-state index contributed by atoms with van der Waals surface area (Å²) in [5, 5.41) is 4.35. The van der Waals surface area contributed by atoms with Gasteiger partial charge in [-0.1, -0.05) is 19.1 Å². The van der Waals surface area contributed by atoms with Gasteiger partial charge in [0.05, 0.1) is 4.47 Å². The first-order valence-electron chi connectivity index (χ1n) is 6.07. The minimum absolute atomic E-state index is 0.00417. The van der Waals surface area contributed by atoms with Crippen LogP contribution < -0.4 is 0 Å². The molecule has 0 bridgehead atoms. The predicted octanol–water partition coefficient (Wildman–Crippen LogP) is 4.32. The van der Waals surface area contributed by atoms with E-state index in [1.165, 1.54) is 0 Å². The molecule has 1 unspecified atom stereocenters. The van der Waals surface area contributed by atoms with Crippen molar-refractivity contribution in [2.45, 2.75) is 19.4 Å². The first-order valence-corrected chi connectivity index (χ1v) is 8.45. The van der Waals surface area contributed by atoms with Crippen LogP contribution in [0.15, 0.2) is 39.0 Å². The highest BCUT2D eigenvalue weighted by Crippen LogP contribution is 2.33. The molecule has 0 aliphatic carbocycles. The highest BCUT2D eigenvalue weighted by molar-refractivity contribution is 9.14. The number of hydrogen-bond donors (Lipinski definition) is 0. The summed E-state index contributed by atoms with van der Waals surface area (Å²) in [5.74, 6) is -0.00417. The van der Waals surface area contributed by atoms with Crippen molar-refractivity contribution in [2.75, 3.05) is 13.1 Å². The smallest absolute Gasteiger partial charge is 0.248 e. The second-order valence-electron chi connectivity index (χ2n) is 4.08. The van der Waals surface area contributed by atoms with E-state index in [-0.39, 0.29) is 11.9 Å². The Balaban J connectivity index is 3.10. The zero-order chi connectivity index (χ0) is 15.3. The lowest BCUT2D eigenvalue weighted by molar-refractivity contribution is -0.134. The largest absolute Gasteiger partial charge is 0.333 e. The molecule has 0 saturated heterocycles. The second kappa shape index (κ2) is 8.14. The summed E-state index contributed by atoms with van der Waals surface area (Å²) in [6.45, 7) is 10.3. The molecule has 1 rings (SSSR count). The minimum Gasteiger partial charge on any atom is -0.333 e. The predicted molar refractivity (Wildman–Crippen MR) is 91.6 cm³/mol. The van der Waals surface area contributed by atoms with Gasteiger partial charge in [0, 0.05) is 13.1 Å². The number of nitrogens with zero attached hydrogens (tertiary/aromatic N) is 3. The zero-order valence-electron chi connectivity index (χ0n) is 11.2. The third-order valence-electron chi connectivity index (χ3n) is 2.74. The van der Waals surface area contributed by atoms with E-state index in [0.29, 0.717) is 24.1 Å². The van der Waals surface area contributed by atoms with Crippen LogP contribution in [0, 0.1) is 0 Å². The first kappa shape index (κ1) is 17.7. The Morgan fingerprint density at radius 3 is 2.25 bits per heavy atom. The normalized spacial score (nSPS) is 12.0. The highest BCUT2D eigenvalue weighted by atomic mass is 79.9. The number of halogens is 3. The molecule has 1 heterocycles. The summed E-state index contributed by atoms with van der Waals surface area (Å²) in [5.41, 5.74) is 0. The van der Waals surface area contributed by atoms with Gasteiger partial charge < -0.3 is 4.90 Å². The molecule has 0 aliphatic rings. The Hall–Kier alpha value is -0.400. The molecule has 0 aromatic carbocycles. The summed E-state index contributed by atoms with van der Waals surface area (Å²) in [6, 6.07) is -0.369. The summed E-state index contributed by atoms with van der Waals surface area (Å²) in [4.78, 5) is 14.3. The Morgan fingerprint density at radius 2 is 1.90 bits per heavy atom. The Bertz CT molecular complexity index is 503. The van der Waals surface area contributed by atoms with E-state index < -0.39 is 0 Å². The van der Waals surface area contributed by atoms with Crippen molar-refractivity contribution in [1.29, 1.82) is 0 Å². The van der Waals surface area contributed by atoms with Crippen LogP contribution in [0.4, 0.5) is 0 Å². The van der Waals surface area contributed by atoms with E-state index in [0.717, 1.165) is 9.08 Å². The first-order chi connectivity index (χ1) is 9.47. The minimum atomic E-state index is -0.369. The average molecular weight is 470 g/mol. The van der Waals surface area contributed by atoms with E-state index in [9.17, 15) is 4.79 Å². The van der Waals surface area contributed by atoms with Crippen molar-refractivity contribution in [3.8, 4) is 0 Å². The fourth-order valence-corrected chi connectivity index (χ4v) is 3.20. The lowest BCUT2D eigenvalue weighted by atomic mass is 10.2. The van der Waals surface area contributed by atoms with Crippen LogP contribution in [0.1, 0.15) is 19.4 Å². The molecule has 1 aromatic rings. The molecule has 4 nitrogen and oxygen atoms in total. The molecular weight excluding hydrogens is 454 g/mol. The van der Waals surface area contributed by atoms with E-state index in [1.807, 2.05) is 6.92 Å². The Labute approximate surface area is 144 Å². The molecule has 0 saturated carbocycles. The second-order valence-corrected chi connectivity index (χ2v) is 6.38. The lowest BCUT2D eigenvalue weighted by Gasteiger charge is -2.25. The molecule has 1 atom stereocenters. The highest BCUT2D eigenvalue weighted by Gasteiger charge is 2.27. The number of rotatable bonds is 7. The van der Waals surface area contributed by atoms with Crippen molar-refractivity contribution in [2.24, 2.45) is 0 Å². The van der Waals surface area contributed by atoms with Crippen LogP contribution in [0.5, 0.6) is 0 Å². The van der Waals surface area contributed by atoms with Gasteiger partial charge in [-0.05, 0) is 54.2 Å². The van der Waals surface area contributed by atoms with Gasteiger partial charge in [-0.3, -0.25) is 4.79 Å². The Kier molecular flexibility index (Phi) is 7.19. The van der Waals surface area contributed by atoms with Crippen molar-refractivity contribution >= 4 is 53.7 Å². The number of carbonyl (C=O) groups is 1. The summed E-state index contributed by atoms with van der Waals surface area (Å²) >= 11 is 10.2. The quantitative estimate of drug-likeness (QED) is 0.558. The fraction of sp³-hybridized carbons (Fsp3) is 0.385. The molecule has 1 aromatic heterocycles.